The molecule has 1 atom stereocenters. The molecule has 1 aromatic carbocycles. The molecular formula is C14H11FO2. The number of hydrogen-bond acceptors (Lipinski definition) is 2. The number of ketones is 2. The number of rotatable bonds is 2. The molecule has 3 heteroatoms. The first-order valence-corrected chi connectivity index (χ1v) is 5.28. The van der Waals surface area contributed by atoms with Gasteiger partial charge in [0, 0.05) is 5.56 Å². The summed E-state index contributed by atoms with van der Waals surface area (Å²) in [4.78, 5) is 23.2. The molecule has 1 aromatic rings. The molecule has 0 radical (unpaired) electrons. The SMILES string of the molecule is CC(=O)c1ccccc1C1C=C(F)C=CC1=O. The molecule has 0 fully saturated rings. The highest BCUT2D eigenvalue weighted by Crippen LogP contribution is 2.28. The van der Waals surface area contributed by atoms with Crippen LogP contribution in [0, 0.1) is 0 Å². The lowest BCUT2D eigenvalue weighted by molar-refractivity contribution is -0.115. The maximum Gasteiger partial charge on any atom is 0.167 e. The molecule has 17 heavy (non-hydrogen) atoms. The molecule has 0 heterocycles. The molecule has 0 spiro atoms. The van der Waals surface area contributed by atoms with Crippen molar-refractivity contribution in [3.05, 3.63) is 59.4 Å². The number of carbonyl (C=O) groups excluding carboxylic acids is 2. The van der Waals surface area contributed by atoms with Crippen LogP contribution in [0.3, 0.4) is 0 Å². The standard InChI is InChI=1S/C14H11FO2/c1-9(16)11-4-2-3-5-12(11)13-8-10(15)6-7-14(13)17/h2-8,13H,1H3. The van der Waals surface area contributed by atoms with Gasteiger partial charge in [-0.15, -0.1) is 0 Å². The van der Waals surface area contributed by atoms with Gasteiger partial charge in [0.05, 0.1) is 5.92 Å². The van der Waals surface area contributed by atoms with E-state index in [1.165, 1.54) is 19.1 Å². The van der Waals surface area contributed by atoms with Crippen LogP contribution in [0.2, 0.25) is 0 Å². The molecule has 0 amide bonds. The van der Waals surface area contributed by atoms with E-state index >= 15 is 0 Å². The van der Waals surface area contributed by atoms with Crippen molar-refractivity contribution in [3.63, 3.8) is 0 Å². The van der Waals surface area contributed by atoms with E-state index < -0.39 is 11.7 Å². The van der Waals surface area contributed by atoms with Crippen LogP contribution in [-0.2, 0) is 4.79 Å². The summed E-state index contributed by atoms with van der Waals surface area (Å²) in [5.74, 6) is -1.48. The summed E-state index contributed by atoms with van der Waals surface area (Å²) in [6, 6.07) is 6.79. The lowest BCUT2D eigenvalue weighted by atomic mass is 9.87. The molecule has 1 aliphatic rings. The van der Waals surface area contributed by atoms with Gasteiger partial charge in [0.15, 0.2) is 11.6 Å². The Hall–Kier alpha value is -2.03. The lowest BCUT2D eigenvalue weighted by Crippen LogP contribution is -2.14. The Labute approximate surface area is 98.5 Å². The van der Waals surface area contributed by atoms with Gasteiger partial charge >= 0.3 is 0 Å². The predicted molar refractivity (Wildman–Crippen MR) is 62.5 cm³/mol. The molecule has 0 N–H and O–H groups in total. The second-order valence-electron chi connectivity index (χ2n) is 3.91. The Morgan fingerprint density at radius 3 is 2.65 bits per heavy atom. The number of hydrogen-bond donors (Lipinski definition) is 0. The van der Waals surface area contributed by atoms with Crippen molar-refractivity contribution in [1.29, 1.82) is 0 Å². The van der Waals surface area contributed by atoms with Gasteiger partial charge in [0.25, 0.3) is 0 Å². The number of carbonyl (C=O) groups is 2. The molecule has 86 valence electrons. The smallest absolute Gasteiger partial charge is 0.167 e. The van der Waals surface area contributed by atoms with E-state index in [1.54, 1.807) is 24.3 Å². The zero-order valence-corrected chi connectivity index (χ0v) is 9.31. The first kappa shape index (κ1) is 11.5. The molecular weight excluding hydrogens is 219 g/mol. The fourth-order valence-corrected chi connectivity index (χ4v) is 1.89. The van der Waals surface area contributed by atoms with E-state index in [9.17, 15) is 14.0 Å². The van der Waals surface area contributed by atoms with Crippen molar-refractivity contribution in [2.24, 2.45) is 0 Å². The van der Waals surface area contributed by atoms with E-state index in [2.05, 4.69) is 0 Å². The molecule has 0 bridgehead atoms. The zero-order valence-electron chi connectivity index (χ0n) is 9.31. The van der Waals surface area contributed by atoms with Gasteiger partial charge in [-0.1, -0.05) is 24.3 Å². The third kappa shape index (κ3) is 2.23. The second kappa shape index (κ2) is 4.45. The quantitative estimate of drug-likeness (QED) is 0.732. The summed E-state index contributed by atoms with van der Waals surface area (Å²) >= 11 is 0. The second-order valence-corrected chi connectivity index (χ2v) is 3.91. The fourth-order valence-electron chi connectivity index (χ4n) is 1.89. The van der Waals surface area contributed by atoms with Gasteiger partial charge in [-0.3, -0.25) is 9.59 Å². The third-order valence-corrected chi connectivity index (χ3v) is 2.71. The van der Waals surface area contributed by atoms with Crippen molar-refractivity contribution in [3.8, 4) is 0 Å². The average molecular weight is 230 g/mol. The van der Waals surface area contributed by atoms with Crippen molar-refractivity contribution in [2.45, 2.75) is 12.8 Å². The number of halogens is 1. The zero-order chi connectivity index (χ0) is 12.4. The van der Waals surface area contributed by atoms with Crippen LogP contribution in [-0.4, -0.2) is 11.6 Å². The summed E-state index contributed by atoms with van der Waals surface area (Å²) in [6.07, 6.45) is 3.58. The van der Waals surface area contributed by atoms with Crippen LogP contribution in [0.5, 0.6) is 0 Å². The first-order valence-electron chi connectivity index (χ1n) is 5.28. The summed E-state index contributed by atoms with van der Waals surface area (Å²) in [7, 11) is 0. The maximum absolute atomic E-state index is 13.2. The van der Waals surface area contributed by atoms with Gasteiger partial charge in [-0.05, 0) is 30.7 Å². The minimum absolute atomic E-state index is 0.128. The van der Waals surface area contributed by atoms with Crippen LogP contribution in [0.1, 0.15) is 28.8 Å². The minimum Gasteiger partial charge on any atom is -0.295 e. The molecule has 0 saturated heterocycles. The van der Waals surface area contributed by atoms with Crippen LogP contribution >= 0.6 is 0 Å². The highest BCUT2D eigenvalue weighted by Gasteiger charge is 2.23. The summed E-state index contributed by atoms with van der Waals surface area (Å²) in [5.41, 5.74) is 1.02. The van der Waals surface area contributed by atoms with Crippen molar-refractivity contribution in [2.75, 3.05) is 0 Å². The lowest BCUT2D eigenvalue weighted by Gasteiger charge is -2.15. The van der Waals surface area contributed by atoms with Crippen LogP contribution in [0.15, 0.2) is 48.3 Å². The minimum atomic E-state index is -0.694. The van der Waals surface area contributed by atoms with E-state index in [0.29, 0.717) is 11.1 Å². The van der Waals surface area contributed by atoms with Gasteiger partial charge < -0.3 is 0 Å². The average Bonchev–Trinajstić information content (AvgIpc) is 2.32. The number of allylic oxidation sites excluding steroid dienone is 4. The largest absolute Gasteiger partial charge is 0.295 e. The van der Waals surface area contributed by atoms with Crippen molar-refractivity contribution < 1.29 is 14.0 Å². The van der Waals surface area contributed by atoms with Gasteiger partial charge in [0.2, 0.25) is 0 Å². The Bertz CT molecular complexity index is 541. The van der Waals surface area contributed by atoms with E-state index in [0.717, 1.165) is 6.08 Å². The summed E-state index contributed by atoms with van der Waals surface area (Å²) in [6.45, 7) is 1.43. The first-order chi connectivity index (χ1) is 8.09. The highest BCUT2D eigenvalue weighted by molar-refractivity contribution is 6.02. The Kier molecular flexibility index (Phi) is 3.00. The normalized spacial score (nSPS) is 19.1. The van der Waals surface area contributed by atoms with Gasteiger partial charge in [-0.25, -0.2) is 4.39 Å². The van der Waals surface area contributed by atoms with Crippen molar-refractivity contribution in [1.82, 2.24) is 0 Å². The third-order valence-electron chi connectivity index (χ3n) is 2.71. The molecule has 0 aliphatic heterocycles. The molecule has 0 aromatic heterocycles. The summed E-state index contributed by atoms with van der Waals surface area (Å²) < 4.78 is 13.2. The Balaban J connectivity index is 2.51. The monoisotopic (exact) mass is 230 g/mol. The van der Waals surface area contributed by atoms with Crippen LogP contribution < -0.4 is 0 Å². The fraction of sp³-hybridized carbons (Fsp3) is 0.143. The Morgan fingerprint density at radius 1 is 1.24 bits per heavy atom. The predicted octanol–water partition coefficient (Wildman–Crippen LogP) is 2.97. The molecule has 2 nitrogen and oxygen atoms in total. The molecule has 2 rings (SSSR count). The van der Waals surface area contributed by atoms with Crippen LogP contribution in [0.25, 0.3) is 0 Å². The molecule has 1 unspecified atom stereocenters. The van der Waals surface area contributed by atoms with Gasteiger partial charge in [-0.2, -0.15) is 0 Å². The summed E-state index contributed by atoms with van der Waals surface area (Å²) in [5, 5.41) is 0. The molecule has 1 aliphatic carbocycles. The Morgan fingerprint density at radius 2 is 1.94 bits per heavy atom. The highest BCUT2D eigenvalue weighted by atomic mass is 19.1. The van der Waals surface area contributed by atoms with E-state index in [1.807, 2.05) is 0 Å². The number of benzene rings is 1. The van der Waals surface area contributed by atoms with Crippen LogP contribution in [0.4, 0.5) is 4.39 Å². The molecule has 0 saturated carbocycles. The van der Waals surface area contributed by atoms with Crippen molar-refractivity contribution >= 4 is 11.6 Å². The topological polar surface area (TPSA) is 34.1 Å². The van der Waals surface area contributed by atoms with Gasteiger partial charge in [0.1, 0.15) is 5.83 Å². The maximum atomic E-state index is 13.2. The number of Topliss-reactive ketones (excluding diaryl/α,β-unsaturated/α-hetero) is 1. The van der Waals surface area contributed by atoms with E-state index in [-0.39, 0.29) is 11.6 Å². The van der Waals surface area contributed by atoms with E-state index in [4.69, 9.17) is 0 Å².